The molecule has 0 aliphatic carbocycles. The molecule has 3 aromatic carbocycles. The van der Waals surface area contributed by atoms with Gasteiger partial charge in [-0.25, -0.2) is 0 Å². The van der Waals surface area contributed by atoms with E-state index in [2.05, 4.69) is 71.1 Å². The van der Waals surface area contributed by atoms with E-state index in [1.54, 1.807) is 12.3 Å². The first kappa shape index (κ1) is 40.1. The van der Waals surface area contributed by atoms with Gasteiger partial charge in [-0.2, -0.15) is 5.26 Å². The highest BCUT2D eigenvalue weighted by atomic mass is 35.5. The van der Waals surface area contributed by atoms with Crippen LogP contribution in [0.15, 0.2) is 67.0 Å². The molecule has 2 N–H and O–H groups in total. The van der Waals surface area contributed by atoms with Crippen molar-refractivity contribution in [2.75, 3.05) is 46.4 Å². The summed E-state index contributed by atoms with van der Waals surface area (Å²) in [6.07, 6.45) is 7.53. The molecule has 0 spiro atoms. The van der Waals surface area contributed by atoms with Gasteiger partial charge >= 0.3 is 0 Å². The van der Waals surface area contributed by atoms with Gasteiger partial charge in [-0.3, -0.25) is 9.78 Å². The van der Waals surface area contributed by atoms with Gasteiger partial charge in [0.05, 0.1) is 17.2 Å². The number of carboxylic acid groups (broad SMARTS) is 1. The van der Waals surface area contributed by atoms with Crippen LogP contribution >= 0.6 is 11.6 Å². The molecule has 0 saturated carbocycles. The van der Waals surface area contributed by atoms with Crippen molar-refractivity contribution in [1.29, 1.82) is 5.26 Å². The van der Waals surface area contributed by atoms with Crippen molar-refractivity contribution in [2.45, 2.75) is 59.3 Å². The van der Waals surface area contributed by atoms with Crippen molar-refractivity contribution in [2.24, 2.45) is 0 Å². The first-order valence-corrected chi connectivity index (χ1v) is 18.0. The number of aliphatic hydroxyl groups excluding tert-OH is 1. The van der Waals surface area contributed by atoms with Gasteiger partial charge in [0, 0.05) is 55.8 Å². The number of benzene rings is 3. The monoisotopic (exact) mass is 728 g/mol. The highest BCUT2D eigenvalue weighted by Gasteiger charge is 2.17. The largest absolute Gasteiger partial charge is 0.493 e. The van der Waals surface area contributed by atoms with Gasteiger partial charge in [0.2, 0.25) is 0 Å². The summed E-state index contributed by atoms with van der Waals surface area (Å²) in [5.74, 6) is 2.08. The van der Waals surface area contributed by atoms with E-state index >= 15 is 0 Å². The van der Waals surface area contributed by atoms with E-state index < -0.39 is 0 Å². The Bertz CT molecular complexity index is 1790. The lowest BCUT2D eigenvalue weighted by atomic mass is 9.93. The molecule has 10 nitrogen and oxygen atoms in total. The molecule has 0 radical (unpaired) electrons. The van der Waals surface area contributed by atoms with E-state index in [9.17, 15) is 10.4 Å². The molecule has 0 atom stereocenters. The standard InChI is InChI=1S/C40H47ClN4O4.CH2O2/c1-29-33(10-6-11-35(29)36-12-7-13-38(30(36)2)47-19-9-17-45-15-4-5-16-45)28-49-40-22-39(48-27-32-20-31(23-42)24-43-25-32)34(21-37(40)41)26-44(3)14-8-18-46;2-1-3/h6-7,10-13,20-22,24-25,46H,4-5,8-9,14-19,26-28H2,1-3H3;1H,(H,2,3). The zero-order valence-electron chi connectivity index (χ0n) is 30.3. The van der Waals surface area contributed by atoms with Crippen LogP contribution in [0.3, 0.4) is 0 Å². The van der Waals surface area contributed by atoms with Crippen molar-refractivity contribution in [3.63, 3.8) is 0 Å². The molecule has 52 heavy (non-hydrogen) atoms. The number of nitrogens with zero attached hydrogens (tertiary/aromatic N) is 4. The molecule has 276 valence electrons. The maximum Gasteiger partial charge on any atom is 0.290 e. The fourth-order valence-corrected chi connectivity index (χ4v) is 6.51. The van der Waals surface area contributed by atoms with Crippen LogP contribution in [0.5, 0.6) is 17.2 Å². The zero-order chi connectivity index (χ0) is 37.3. The van der Waals surface area contributed by atoms with Crippen LogP contribution in [0, 0.1) is 25.2 Å². The molecule has 1 fully saturated rings. The number of ether oxygens (including phenoxy) is 3. The maximum absolute atomic E-state index is 9.30. The van der Waals surface area contributed by atoms with Crippen molar-refractivity contribution >= 4 is 18.1 Å². The van der Waals surface area contributed by atoms with Gasteiger partial charge in [0.15, 0.2) is 0 Å². The Morgan fingerprint density at radius 2 is 1.63 bits per heavy atom. The first-order chi connectivity index (χ1) is 25.3. The molecule has 1 aliphatic rings. The van der Waals surface area contributed by atoms with E-state index in [4.69, 9.17) is 35.7 Å². The second-order valence-corrected chi connectivity index (χ2v) is 13.3. The number of aromatic nitrogens is 1. The Morgan fingerprint density at radius 1 is 0.923 bits per heavy atom. The highest BCUT2D eigenvalue weighted by Crippen LogP contribution is 2.36. The van der Waals surface area contributed by atoms with Crippen molar-refractivity contribution in [1.82, 2.24) is 14.8 Å². The average Bonchev–Trinajstić information content (AvgIpc) is 3.67. The van der Waals surface area contributed by atoms with Gasteiger partial charge in [0.25, 0.3) is 6.47 Å². The molecule has 0 bridgehead atoms. The van der Waals surface area contributed by atoms with E-state index in [1.807, 2.05) is 19.2 Å². The first-order valence-electron chi connectivity index (χ1n) is 17.6. The van der Waals surface area contributed by atoms with Crippen LogP contribution in [0.4, 0.5) is 0 Å². The Morgan fingerprint density at radius 3 is 2.37 bits per heavy atom. The predicted octanol–water partition coefficient (Wildman–Crippen LogP) is 7.43. The topological polar surface area (TPSA) is 128 Å². The van der Waals surface area contributed by atoms with Gasteiger partial charge < -0.3 is 34.2 Å². The number of pyridine rings is 1. The van der Waals surface area contributed by atoms with Gasteiger partial charge in [-0.15, -0.1) is 0 Å². The summed E-state index contributed by atoms with van der Waals surface area (Å²) in [6, 6.07) is 20.2. The van der Waals surface area contributed by atoms with Gasteiger partial charge in [0.1, 0.15) is 36.5 Å². The Hall–Kier alpha value is -4.66. The molecule has 2 heterocycles. The molecule has 0 amide bonds. The van der Waals surface area contributed by atoms with Crippen LogP contribution in [0.25, 0.3) is 11.1 Å². The summed E-state index contributed by atoms with van der Waals surface area (Å²) in [5, 5.41) is 26.0. The lowest BCUT2D eigenvalue weighted by Crippen LogP contribution is -2.22. The predicted molar refractivity (Wildman–Crippen MR) is 203 cm³/mol. The number of likely N-dealkylation sites (tertiary alicyclic amines) is 1. The molecule has 5 rings (SSSR count). The Kier molecular flexibility index (Phi) is 16.2. The number of hydrogen-bond donors (Lipinski definition) is 2. The van der Waals surface area contributed by atoms with Crippen LogP contribution in [-0.4, -0.2) is 77.9 Å². The molecule has 0 unspecified atom stereocenters. The van der Waals surface area contributed by atoms with Crippen LogP contribution in [-0.2, 0) is 24.6 Å². The summed E-state index contributed by atoms with van der Waals surface area (Å²) >= 11 is 6.80. The van der Waals surface area contributed by atoms with Crippen molar-refractivity contribution in [3.8, 4) is 34.4 Å². The molecule has 1 aromatic heterocycles. The van der Waals surface area contributed by atoms with E-state index in [-0.39, 0.29) is 19.7 Å². The van der Waals surface area contributed by atoms with Crippen molar-refractivity contribution < 1.29 is 29.2 Å². The zero-order valence-corrected chi connectivity index (χ0v) is 31.1. The maximum atomic E-state index is 9.30. The minimum atomic E-state index is -0.250. The molecular formula is C41H49ClN4O6. The van der Waals surface area contributed by atoms with Gasteiger partial charge in [-0.05, 0) is 106 Å². The lowest BCUT2D eigenvalue weighted by Gasteiger charge is -2.21. The summed E-state index contributed by atoms with van der Waals surface area (Å²) < 4.78 is 18.9. The number of nitriles is 1. The SMILES string of the molecule is Cc1c(COc2cc(OCc3cncc(C#N)c3)c(CN(C)CCCO)cc2Cl)cccc1-c1cccc(OCCCN2CCCC2)c1C.O=CO. The number of halogens is 1. The summed E-state index contributed by atoms with van der Waals surface area (Å²) in [4.78, 5) is 17.1. The summed E-state index contributed by atoms with van der Waals surface area (Å²) in [5.41, 5.74) is 7.77. The molecule has 1 saturated heterocycles. The van der Waals surface area contributed by atoms with Crippen LogP contribution < -0.4 is 14.2 Å². The normalized spacial score (nSPS) is 12.6. The Balaban J connectivity index is 0.00000195. The number of carbonyl (C=O) groups is 1. The number of aliphatic hydroxyl groups is 1. The molecule has 4 aromatic rings. The smallest absolute Gasteiger partial charge is 0.290 e. The third-order valence-electron chi connectivity index (χ3n) is 9.05. The lowest BCUT2D eigenvalue weighted by molar-refractivity contribution is -0.122. The molecule has 11 heteroatoms. The highest BCUT2D eigenvalue weighted by molar-refractivity contribution is 6.32. The van der Waals surface area contributed by atoms with E-state index in [0.29, 0.717) is 48.3 Å². The minimum Gasteiger partial charge on any atom is -0.493 e. The fourth-order valence-electron chi connectivity index (χ4n) is 6.27. The quantitative estimate of drug-likeness (QED) is 0.0837. The third-order valence-corrected chi connectivity index (χ3v) is 9.35. The number of rotatable bonds is 17. The molecular weight excluding hydrogens is 680 g/mol. The molecule has 1 aliphatic heterocycles. The summed E-state index contributed by atoms with van der Waals surface area (Å²) in [6.45, 7) is 10.2. The van der Waals surface area contributed by atoms with E-state index in [1.165, 1.54) is 32.1 Å². The van der Waals surface area contributed by atoms with Crippen molar-refractivity contribution in [3.05, 3.63) is 105 Å². The number of hydrogen-bond acceptors (Lipinski definition) is 9. The average molecular weight is 729 g/mol. The minimum absolute atomic E-state index is 0.127. The summed E-state index contributed by atoms with van der Waals surface area (Å²) in [7, 11) is 1.99. The fraction of sp³-hybridized carbons (Fsp3) is 0.390. The second-order valence-electron chi connectivity index (χ2n) is 12.9. The van der Waals surface area contributed by atoms with Crippen LogP contribution in [0.2, 0.25) is 5.02 Å². The Labute approximate surface area is 312 Å². The van der Waals surface area contributed by atoms with E-state index in [0.717, 1.165) is 64.2 Å². The van der Waals surface area contributed by atoms with Crippen LogP contribution in [0.1, 0.15) is 59.1 Å². The third kappa shape index (κ3) is 11.7. The van der Waals surface area contributed by atoms with Gasteiger partial charge in [-0.1, -0.05) is 41.9 Å². The second kappa shape index (κ2) is 21.0.